The number of aliphatic imine (C=N–C) groups is 1. The SMILES string of the molecule is CN=C(NCCCOCC1CCCO1)NCc1ncccc1F.I. The van der Waals surface area contributed by atoms with Crippen molar-refractivity contribution in [2.24, 2.45) is 4.99 Å². The molecule has 1 unspecified atom stereocenters. The number of nitrogens with zero attached hydrogens (tertiary/aromatic N) is 2. The Labute approximate surface area is 159 Å². The Bertz CT molecular complexity index is 499. The molecule has 1 aliphatic rings. The topological polar surface area (TPSA) is 67.8 Å². The molecule has 24 heavy (non-hydrogen) atoms. The molecule has 6 nitrogen and oxygen atoms in total. The van der Waals surface area contributed by atoms with Crippen LogP contribution in [0.4, 0.5) is 4.39 Å². The second kappa shape index (κ2) is 12.4. The first-order valence-corrected chi connectivity index (χ1v) is 8.03. The van der Waals surface area contributed by atoms with E-state index in [9.17, 15) is 4.39 Å². The molecular formula is C16H26FIN4O2. The van der Waals surface area contributed by atoms with Crippen LogP contribution in [0.15, 0.2) is 23.3 Å². The lowest BCUT2D eigenvalue weighted by molar-refractivity contribution is 0.0168. The van der Waals surface area contributed by atoms with Crippen molar-refractivity contribution in [2.75, 3.05) is 33.4 Å². The Morgan fingerprint density at radius 3 is 3.08 bits per heavy atom. The molecule has 0 radical (unpaired) electrons. The number of pyridine rings is 1. The summed E-state index contributed by atoms with van der Waals surface area (Å²) in [5, 5.41) is 6.20. The number of aromatic nitrogens is 1. The van der Waals surface area contributed by atoms with Crippen LogP contribution < -0.4 is 10.6 Å². The zero-order valence-corrected chi connectivity index (χ0v) is 16.3. The molecule has 0 spiro atoms. The number of hydrogen-bond acceptors (Lipinski definition) is 4. The number of guanidine groups is 1. The van der Waals surface area contributed by atoms with E-state index in [2.05, 4.69) is 20.6 Å². The van der Waals surface area contributed by atoms with Crippen LogP contribution >= 0.6 is 24.0 Å². The molecule has 0 amide bonds. The molecule has 0 saturated carbocycles. The van der Waals surface area contributed by atoms with Gasteiger partial charge in [0, 0.05) is 33.0 Å². The Hall–Kier alpha value is -1.000. The lowest BCUT2D eigenvalue weighted by Gasteiger charge is -2.13. The maximum atomic E-state index is 13.5. The van der Waals surface area contributed by atoms with Crippen molar-refractivity contribution in [1.82, 2.24) is 15.6 Å². The second-order valence-electron chi connectivity index (χ2n) is 5.35. The van der Waals surface area contributed by atoms with Crippen molar-refractivity contribution in [3.8, 4) is 0 Å². The van der Waals surface area contributed by atoms with Gasteiger partial charge in [-0.15, -0.1) is 24.0 Å². The van der Waals surface area contributed by atoms with Crippen molar-refractivity contribution in [2.45, 2.75) is 31.9 Å². The Morgan fingerprint density at radius 1 is 1.50 bits per heavy atom. The van der Waals surface area contributed by atoms with E-state index in [0.29, 0.717) is 31.4 Å². The molecule has 2 N–H and O–H groups in total. The Balaban J connectivity index is 0.00000288. The van der Waals surface area contributed by atoms with E-state index >= 15 is 0 Å². The van der Waals surface area contributed by atoms with Crippen molar-refractivity contribution in [3.63, 3.8) is 0 Å². The summed E-state index contributed by atoms with van der Waals surface area (Å²) in [6, 6.07) is 2.97. The van der Waals surface area contributed by atoms with E-state index in [1.54, 1.807) is 19.3 Å². The molecule has 8 heteroatoms. The van der Waals surface area contributed by atoms with Crippen molar-refractivity contribution < 1.29 is 13.9 Å². The highest BCUT2D eigenvalue weighted by atomic mass is 127. The van der Waals surface area contributed by atoms with Crippen LogP contribution in [0.3, 0.4) is 0 Å². The first kappa shape index (κ1) is 21.0. The predicted octanol–water partition coefficient (Wildman–Crippen LogP) is 2.09. The Morgan fingerprint density at radius 2 is 2.38 bits per heavy atom. The van der Waals surface area contributed by atoms with Gasteiger partial charge in [0.25, 0.3) is 0 Å². The van der Waals surface area contributed by atoms with E-state index in [1.807, 2.05) is 0 Å². The molecule has 1 aromatic rings. The maximum absolute atomic E-state index is 13.5. The summed E-state index contributed by atoms with van der Waals surface area (Å²) in [5.74, 6) is 0.298. The largest absolute Gasteiger partial charge is 0.379 e. The highest BCUT2D eigenvalue weighted by Gasteiger charge is 2.14. The minimum atomic E-state index is -0.321. The molecule has 2 heterocycles. The molecule has 1 atom stereocenters. The molecule has 0 aromatic carbocycles. The van der Waals surface area contributed by atoms with Crippen LogP contribution in [-0.4, -0.2) is 50.5 Å². The third-order valence-corrected chi connectivity index (χ3v) is 3.57. The van der Waals surface area contributed by atoms with Crippen LogP contribution in [0, 0.1) is 5.82 Å². The van der Waals surface area contributed by atoms with Gasteiger partial charge in [-0.25, -0.2) is 4.39 Å². The summed E-state index contributed by atoms with van der Waals surface area (Å²) in [7, 11) is 1.68. The summed E-state index contributed by atoms with van der Waals surface area (Å²) < 4.78 is 24.6. The van der Waals surface area contributed by atoms with Gasteiger partial charge in [-0.2, -0.15) is 0 Å². The molecule has 0 aliphatic carbocycles. The normalized spacial score (nSPS) is 17.4. The number of halogens is 2. The van der Waals surface area contributed by atoms with Gasteiger partial charge in [-0.3, -0.25) is 9.98 Å². The number of rotatable bonds is 8. The van der Waals surface area contributed by atoms with E-state index in [0.717, 1.165) is 32.4 Å². The number of ether oxygens (including phenoxy) is 2. The lowest BCUT2D eigenvalue weighted by Crippen LogP contribution is -2.38. The molecule has 1 aliphatic heterocycles. The predicted molar refractivity (Wildman–Crippen MR) is 102 cm³/mol. The van der Waals surface area contributed by atoms with E-state index < -0.39 is 0 Å². The minimum absolute atomic E-state index is 0. The zero-order chi connectivity index (χ0) is 16.3. The zero-order valence-electron chi connectivity index (χ0n) is 14.0. The summed E-state index contributed by atoms with van der Waals surface area (Å²) in [6.45, 7) is 3.23. The Kier molecular flexibility index (Phi) is 10.9. The van der Waals surface area contributed by atoms with E-state index in [1.165, 1.54) is 6.07 Å². The summed E-state index contributed by atoms with van der Waals surface area (Å²) in [4.78, 5) is 8.09. The van der Waals surface area contributed by atoms with Gasteiger partial charge >= 0.3 is 0 Å². The molecular weight excluding hydrogens is 426 g/mol. The van der Waals surface area contributed by atoms with Crippen LogP contribution in [-0.2, 0) is 16.0 Å². The van der Waals surface area contributed by atoms with Crippen molar-refractivity contribution >= 4 is 29.9 Å². The van der Waals surface area contributed by atoms with Gasteiger partial charge in [0.05, 0.1) is 24.9 Å². The monoisotopic (exact) mass is 452 g/mol. The lowest BCUT2D eigenvalue weighted by atomic mass is 10.2. The fourth-order valence-corrected chi connectivity index (χ4v) is 2.31. The van der Waals surface area contributed by atoms with E-state index in [-0.39, 0.29) is 35.9 Å². The fraction of sp³-hybridized carbons (Fsp3) is 0.625. The molecule has 0 bridgehead atoms. The van der Waals surface area contributed by atoms with Crippen molar-refractivity contribution in [1.29, 1.82) is 0 Å². The first-order valence-electron chi connectivity index (χ1n) is 8.03. The minimum Gasteiger partial charge on any atom is -0.379 e. The smallest absolute Gasteiger partial charge is 0.191 e. The third kappa shape index (κ3) is 7.71. The van der Waals surface area contributed by atoms with Crippen LogP contribution in [0.1, 0.15) is 25.0 Å². The van der Waals surface area contributed by atoms with Crippen LogP contribution in [0.5, 0.6) is 0 Å². The van der Waals surface area contributed by atoms with Gasteiger partial charge in [-0.05, 0) is 31.4 Å². The van der Waals surface area contributed by atoms with Gasteiger partial charge in [0.15, 0.2) is 5.96 Å². The van der Waals surface area contributed by atoms with Crippen molar-refractivity contribution in [3.05, 3.63) is 29.8 Å². The third-order valence-electron chi connectivity index (χ3n) is 3.57. The van der Waals surface area contributed by atoms with Crippen LogP contribution in [0.25, 0.3) is 0 Å². The fourth-order valence-electron chi connectivity index (χ4n) is 2.31. The molecule has 1 aromatic heterocycles. The number of nitrogens with one attached hydrogen (secondary N) is 2. The maximum Gasteiger partial charge on any atom is 0.191 e. The summed E-state index contributed by atoms with van der Waals surface area (Å²) in [5.41, 5.74) is 0.371. The average molecular weight is 452 g/mol. The quantitative estimate of drug-likeness (QED) is 0.274. The summed E-state index contributed by atoms with van der Waals surface area (Å²) >= 11 is 0. The molecule has 1 fully saturated rings. The van der Waals surface area contributed by atoms with Gasteiger partial charge in [0.2, 0.25) is 0 Å². The van der Waals surface area contributed by atoms with Gasteiger partial charge in [0.1, 0.15) is 5.82 Å². The molecule has 136 valence electrons. The van der Waals surface area contributed by atoms with Gasteiger partial charge < -0.3 is 20.1 Å². The number of hydrogen-bond donors (Lipinski definition) is 2. The first-order chi connectivity index (χ1) is 11.3. The second-order valence-corrected chi connectivity index (χ2v) is 5.35. The highest BCUT2D eigenvalue weighted by Crippen LogP contribution is 2.11. The standard InChI is InChI=1S/C16H25FN4O2.HI/c1-18-16(21-11-15-14(17)6-2-7-19-15)20-8-4-9-22-12-13-5-3-10-23-13;/h2,6-7,13H,3-5,8-12H2,1H3,(H2,18,20,21);1H. The molecule has 2 rings (SSSR count). The highest BCUT2D eigenvalue weighted by molar-refractivity contribution is 14.0. The van der Waals surface area contributed by atoms with Crippen LogP contribution in [0.2, 0.25) is 0 Å². The van der Waals surface area contributed by atoms with E-state index in [4.69, 9.17) is 9.47 Å². The van der Waals surface area contributed by atoms with Gasteiger partial charge in [-0.1, -0.05) is 0 Å². The summed E-state index contributed by atoms with van der Waals surface area (Å²) in [6.07, 6.45) is 4.94. The average Bonchev–Trinajstić information content (AvgIpc) is 3.08. The molecule has 1 saturated heterocycles.